The lowest BCUT2D eigenvalue weighted by atomic mass is 10.1. The molecule has 3 heterocycles. The minimum Gasteiger partial charge on any atom is -0.493 e. The summed E-state index contributed by atoms with van der Waals surface area (Å²) in [6.45, 7) is 2.07. The quantitative estimate of drug-likeness (QED) is 0.564. The number of benzene rings is 1. The molecule has 8 heteroatoms. The molecule has 1 unspecified atom stereocenters. The lowest BCUT2D eigenvalue weighted by Gasteiger charge is -2.32. The van der Waals surface area contributed by atoms with Gasteiger partial charge in [-0.1, -0.05) is 23.7 Å². The first-order valence-electron chi connectivity index (χ1n) is 10.3. The van der Waals surface area contributed by atoms with Crippen LogP contribution in [0.25, 0.3) is 0 Å². The van der Waals surface area contributed by atoms with Gasteiger partial charge in [-0.15, -0.1) is 0 Å². The fourth-order valence-corrected chi connectivity index (χ4v) is 3.76. The summed E-state index contributed by atoms with van der Waals surface area (Å²) in [5.41, 5.74) is 2.64. The lowest BCUT2D eigenvalue weighted by Crippen LogP contribution is -2.43. The van der Waals surface area contributed by atoms with Gasteiger partial charge in [0.25, 0.3) is 0 Å². The molecule has 0 radical (unpaired) electrons. The van der Waals surface area contributed by atoms with Crippen LogP contribution in [-0.2, 0) is 29.4 Å². The van der Waals surface area contributed by atoms with Crippen molar-refractivity contribution in [2.24, 2.45) is 7.05 Å². The van der Waals surface area contributed by atoms with E-state index in [0.717, 1.165) is 22.8 Å². The van der Waals surface area contributed by atoms with E-state index in [1.54, 1.807) is 12.3 Å². The first kappa shape index (κ1) is 21.3. The number of rotatable bonds is 7. The van der Waals surface area contributed by atoms with Crippen molar-refractivity contribution >= 4 is 17.5 Å². The molecule has 7 nitrogen and oxygen atoms in total. The topological polar surface area (TPSA) is 69.5 Å². The summed E-state index contributed by atoms with van der Waals surface area (Å²) in [6.07, 6.45) is 2.46. The molecule has 31 heavy (non-hydrogen) atoms. The number of carbonyl (C=O) groups excluding carboxylic acids is 1. The smallest absolute Gasteiger partial charge is 0.228 e. The number of morpholine rings is 1. The normalized spacial score (nSPS) is 16.3. The number of hydrogen-bond donors (Lipinski definition) is 0. The second-order valence-electron chi connectivity index (χ2n) is 7.44. The zero-order chi connectivity index (χ0) is 21.6. The Balaban J connectivity index is 1.34. The summed E-state index contributed by atoms with van der Waals surface area (Å²) in [7, 11) is 1.91. The predicted molar refractivity (Wildman–Crippen MR) is 117 cm³/mol. The predicted octanol–water partition coefficient (Wildman–Crippen LogP) is 3.23. The van der Waals surface area contributed by atoms with Crippen LogP contribution in [0, 0.1) is 0 Å². The summed E-state index contributed by atoms with van der Waals surface area (Å²) in [4.78, 5) is 18.8. The van der Waals surface area contributed by atoms with Gasteiger partial charge < -0.3 is 14.4 Å². The van der Waals surface area contributed by atoms with Crippen LogP contribution in [0.15, 0.2) is 54.7 Å². The zero-order valence-electron chi connectivity index (χ0n) is 17.4. The molecule has 1 amide bonds. The molecular formula is C23H25ClN4O3. The van der Waals surface area contributed by atoms with Crippen molar-refractivity contribution in [3.8, 4) is 5.75 Å². The fraction of sp³-hybridized carbons (Fsp3) is 0.348. The van der Waals surface area contributed by atoms with E-state index < -0.39 is 0 Å². The second kappa shape index (κ2) is 9.94. The van der Waals surface area contributed by atoms with Gasteiger partial charge in [-0.05, 0) is 36.4 Å². The van der Waals surface area contributed by atoms with Gasteiger partial charge in [0.05, 0.1) is 31.9 Å². The van der Waals surface area contributed by atoms with Gasteiger partial charge in [-0.25, -0.2) is 0 Å². The first-order chi connectivity index (χ1) is 15.1. The van der Waals surface area contributed by atoms with E-state index in [9.17, 15) is 4.79 Å². The molecule has 0 aliphatic carbocycles. The highest BCUT2D eigenvalue weighted by Gasteiger charge is 2.27. The molecule has 1 aromatic carbocycles. The number of aromatic nitrogens is 3. The SMILES string of the molecule is Cn1nc(C2CN(C(=O)Cc3ccccn3)CCO2)cc1CCOc1cccc(Cl)c1. The van der Waals surface area contributed by atoms with Crippen LogP contribution in [-0.4, -0.2) is 51.9 Å². The largest absolute Gasteiger partial charge is 0.493 e. The zero-order valence-corrected chi connectivity index (χ0v) is 18.2. The molecule has 1 fully saturated rings. The average molecular weight is 441 g/mol. The maximum absolute atomic E-state index is 12.7. The Hall–Kier alpha value is -2.90. The molecule has 0 bridgehead atoms. The molecule has 0 spiro atoms. The molecule has 1 aliphatic heterocycles. The van der Waals surface area contributed by atoms with Crippen molar-refractivity contribution in [1.29, 1.82) is 0 Å². The number of pyridine rings is 1. The molecule has 2 aromatic heterocycles. The van der Waals surface area contributed by atoms with Gasteiger partial charge in [0.2, 0.25) is 5.91 Å². The maximum Gasteiger partial charge on any atom is 0.228 e. The van der Waals surface area contributed by atoms with E-state index in [0.29, 0.717) is 44.2 Å². The number of aryl methyl sites for hydroxylation is 1. The fourth-order valence-electron chi connectivity index (χ4n) is 3.58. The molecule has 1 atom stereocenters. The number of nitrogens with zero attached hydrogens (tertiary/aromatic N) is 4. The third kappa shape index (κ3) is 5.62. The Morgan fingerprint density at radius 3 is 2.97 bits per heavy atom. The van der Waals surface area contributed by atoms with Crippen molar-refractivity contribution in [1.82, 2.24) is 19.7 Å². The van der Waals surface area contributed by atoms with Gasteiger partial charge in [-0.2, -0.15) is 5.10 Å². The van der Waals surface area contributed by atoms with Gasteiger partial charge in [0, 0.05) is 42.6 Å². The van der Waals surface area contributed by atoms with Gasteiger partial charge in [0.1, 0.15) is 11.9 Å². The van der Waals surface area contributed by atoms with E-state index in [1.165, 1.54) is 0 Å². The molecule has 4 rings (SSSR count). The standard InChI is InChI=1S/C23H25ClN4O3/c1-27-19(8-11-30-20-7-4-5-17(24)13-20)15-21(26-27)22-16-28(10-12-31-22)23(29)14-18-6-2-3-9-25-18/h2-7,9,13,15,22H,8,10-12,14,16H2,1H3. The number of ether oxygens (including phenoxy) is 2. The highest BCUT2D eigenvalue weighted by Crippen LogP contribution is 2.23. The monoisotopic (exact) mass is 440 g/mol. The number of amides is 1. The third-order valence-corrected chi connectivity index (χ3v) is 5.46. The summed E-state index contributed by atoms with van der Waals surface area (Å²) < 4.78 is 13.6. The molecule has 0 saturated carbocycles. The Labute approximate surface area is 186 Å². The van der Waals surface area contributed by atoms with Crippen LogP contribution in [0.5, 0.6) is 5.75 Å². The van der Waals surface area contributed by atoms with Crippen LogP contribution in [0.3, 0.4) is 0 Å². The van der Waals surface area contributed by atoms with Crippen molar-refractivity contribution < 1.29 is 14.3 Å². The Bertz CT molecular complexity index is 1020. The molecule has 3 aromatic rings. The van der Waals surface area contributed by atoms with Crippen LogP contribution < -0.4 is 4.74 Å². The third-order valence-electron chi connectivity index (χ3n) is 5.23. The van der Waals surface area contributed by atoms with Gasteiger partial charge in [-0.3, -0.25) is 14.5 Å². The first-order valence-corrected chi connectivity index (χ1v) is 10.7. The van der Waals surface area contributed by atoms with Crippen molar-refractivity contribution in [3.63, 3.8) is 0 Å². The summed E-state index contributed by atoms with van der Waals surface area (Å²) in [5, 5.41) is 5.27. The average Bonchev–Trinajstić information content (AvgIpc) is 3.15. The molecular weight excluding hydrogens is 416 g/mol. The second-order valence-corrected chi connectivity index (χ2v) is 7.87. The molecule has 0 N–H and O–H groups in total. The van der Waals surface area contributed by atoms with Crippen molar-refractivity contribution in [3.05, 3.63) is 76.8 Å². The van der Waals surface area contributed by atoms with Crippen LogP contribution in [0.2, 0.25) is 5.02 Å². The molecule has 1 saturated heterocycles. The van der Waals surface area contributed by atoms with E-state index >= 15 is 0 Å². The summed E-state index contributed by atoms with van der Waals surface area (Å²) >= 11 is 6.00. The number of hydrogen-bond acceptors (Lipinski definition) is 5. The maximum atomic E-state index is 12.7. The Morgan fingerprint density at radius 2 is 2.16 bits per heavy atom. The van der Waals surface area contributed by atoms with Gasteiger partial charge in [0.15, 0.2) is 0 Å². The molecule has 162 valence electrons. The minimum absolute atomic E-state index is 0.0538. The molecule has 1 aliphatic rings. The Kier molecular flexibility index (Phi) is 6.84. The summed E-state index contributed by atoms with van der Waals surface area (Å²) in [6, 6.07) is 15.0. The van der Waals surface area contributed by atoms with Crippen LogP contribution in [0.1, 0.15) is 23.2 Å². The van der Waals surface area contributed by atoms with Crippen LogP contribution in [0.4, 0.5) is 0 Å². The van der Waals surface area contributed by atoms with E-state index in [2.05, 4.69) is 10.1 Å². The van der Waals surface area contributed by atoms with E-state index in [-0.39, 0.29) is 12.0 Å². The highest BCUT2D eigenvalue weighted by atomic mass is 35.5. The van der Waals surface area contributed by atoms with Crippen molar-refractivity contribution in [2.75, 3.05) is 26.3 Å². The lowest BCUT2D eigenvalue weighted by molar-refractivity contribution is -0.138. The summed E-state index contributed by atoms with van der Waals surface area (Å²) in [5.74, 6) is 0.797. The number of halogens is 1. The van der Waals surface area contributed by atoms with E-state index in [4.69, 9.17) is 21.1 Å². The highest BCUT2D eigenvalue weighted by molar-refractivity contribution is 6.30. The van der Waals surface area contributed by atoms with Gasteiger partial charge >= 0.3 is 0 Å². The Morgan fingerprint density at radius 1 is 1.26 bits per heavy atom. The minimum atomic E-state index is -0.241. The van der Waals surface area contributed by atoms with Crippen molar-refractivity contribution in [2.45, 2.75) is 18.9 Å². The van der Waals surface area contributed by atoms with E-state index in [1.807, 2.05) is 59.1 Å². The number of carbonyl (C=O) groups is 1. The van der Waals surface area contributed by atoms with Crippen LogP contribution >= 0.6 is 11.6 Å².